The van der Waals surface area contributed by atoms with Crippen molar-refractivity contribution >= 4 is 0 Å². The van der Waals surface area contributed by atoms with Crippen molar-refractivity contribution in [3.8, 4) is 0 Å². The van der Waals surface area contributed by atoms with E-state index in [0.29, 0.717) is 0 Å². The van der Waals surface area contributed by atoms with Crippen LogP contribution in [-0.4, -0.2) is 19.8 Å². The monoisotopic (exact) mass is 89.1 g/mol. The Bertz CT molecular complexity index is 24.7. The normalized spacial score (nSPS) is 14.5. The third kappa shape index (κ3) is 2.18. The number of methoxy groups -OCH3 is 1. The van der Waals surface area contributed by atoms with Gasteiger partial charge in [-0.05, 0) is 6.92 Å². The van der Waals surface area contributed by atoms with E-state index in [1.807, 2.05) is 0 Å². The average Bonchev–Trinajstić information content (AvgIpc) is 1.65. The molecule has 0 heterocycles. The molecule has 0 amide bonds. The van der Waals surface area contributed by atoms with E-state index in [1.165, 1.54) is 7.11 Å². The summed E-state index contributed by atoms with van der Waals surface area (Å²) in [6, 6.07) is 0. The maximum atomic E-state index is 9.74. The van der Waals surface area contributed by atoms with Crippen molar-refractivity contribution in [3.05, 3.63) is 0 Å². The Morgan fingerprint density at radius 3 is 2.33 bits per heavy atom. The maximum absolute atomic E-state index is 9.74. The molecule has 0 aliphatic heterocycles. The highest BCUT2D eigenvalue weighted by molar-refractivity contribution is 4.38. The maximum Gasteiger partial charge on any atom is 0.108 e. The molecule has 0 rings (SSSR count). The minimum atomic E-state index is -0.142. The van der Waals surface area contributed by atoms with Gasteiger partial charge in [0.15, 0.2) is 0 Å². The molecule has 0 aromatic heterocycles. The number of rotatable bonds is 2. The molecule has 0 aliphatic rings. The molecular weight excluding hydrogens is 80.0 g/mol. The van der Waals surface area contributed by atoms with Gasteiger partial charge >= 0.3 is 0 Å². The quantitative estimate of drug-likeness (QED) is 0.483. The minimum absolute atomic E-state index is 0.120. The molecule has 0 aromatic carbocycles. The van der Waals surface area contributed by atoms with E-state index < -0.39 is 0 Å². The number of hydrogen-bond acceptors (Lipinski definition) is 1. The van der Waals surface area contributed by atoms with E-state index in [1.54, 1.807) is 6.92 Å². The summed E-state index contributed by atoms with van der Waals surface area (Å²) in [6.07, 6.45) is -0.120. The van der Waals surface area contributed by atoms with Crippen LogP contribution in [0.2, 0.25) is 0 Å². The molecule has 2 nitrogen and oxygen atoms in total. The smallest absolute Gasteiger partial charge is 0.108 e. The molecule has 0 aliphatic carbocycles. The Morgan fingerprint density at radius 2 is 2.33 bits per heavy atom. The molecule has 6 heavy (non-hydrogen) atoms. The molecule has 2 heteroatoms. The van der Waals surface area contributed by atoms with Crippen LogP contribution in [0.1, 0.15) is 6.92 Å². The topological polar surface area (TPSA) is 29.1 Å². The van der Waals surface area contributed by atoms with Gasteiger partial charge in [0.25, 0.3) is 0 Å². The summed E-state index contributed by atoms with van der Waals surface area (Å²) in [5.41, 5.74) is 0. The lowest BCUT2D eigenvalue weighted by atomic mass is 10.4. The summed E-state index contributed by atoms with van der Waals surface area (Å²) in [5, 5.41) is 9.74. The average molecular weight is 89.1 g/mol. The first-order chi connectivity index (χ1) is 2.81. The van der Waals surface area contributed by atoms with E-state index in [-0.39, 0.29) is 12.7 Å². The van der Waals surface area contributed by atoms with E-state index in [2.05, 4.69) is 4.74 Å². The van der Waals surface area contributed by atoms with Crippen LogP contribution in [0.3, 0.4) is 0 Å². The van der Waals surface area contributed by atoms with Gasteiger partial charge < -0.3 is 4.74 Å². The molecule has 1 unspecified atom stereocenters. The van der Waals surface area contributed by atoms with Crippen molar-refractivity contribution in [2.24, 2.45) is 0 Å². The van der Waals surface area contributed by atoms with E-state index in [9.17, 15) is 5.11 Å². The lowest BCUT2D eigenvalue weighted by molar-refractivity contribution is 0.0321. The van der Waals surface area contributed by atoms with Gasteiger partial charge in [-0.25, -0.2) is 5.11 Å². The second kappa shape index (κ2) is 3.12. The summed E-state index contributed by atoms with van der Waals surface area (Å²) < 4.78 is 4.59. The molecule has 0 bridgehead atoms. The second-order valence-electron chi connectivity index (χ2n) is 1.21. The fourth-order valence-electron chi connectivity index (χ4n) is 0.0680. The zero-order valence-corrected chi connectivity index (χ0v) is 4.10. The van der Waals surface area contributed by atoms with Crippen molar-refractivity contribution in [1.82, 2.24) is 0 Å². The third-order valence-corrected chi connectivity index (χ3v) is 0.637. The van der Waals surface area contributed by atoms with Crippen LogP contribution in [0.5, 0.6) is 0 Å². The predicted molar refractivity (Wildman–Crippen MR) is 22.0 cm³/mol. The Morgan fingerprint density at radius 1 is 1.83 bits per heavy atom. The molecule has 0 saturated carbocycles. The highest BCUT2D eigenvalue weighted by Crippen LogP contribution is 1.80. The zero-order chi connectivity index (χ0) is 4.99. The Kier molecular flexibility index (Phi) is 3.08. The SMILES string of the molecule is COC(C)C[O]. The minimum Gasteiger partial charge on any atom is -0.379 e. The fraction of sp³-hybridized carbons (Fsp3) is 1.00. The molecule has 1 atom stereocenters. The van der Waals surface area contributed by atoms with Crippen molar-refractivity contribution in [2.45, 2.75) is 13.0 Å². The van der Waals surface area contributed by atoms with Gasteiger partial charge in [-0.2, -0.15) is 0 Å². The summed E-state index contributed by atoms with van der Waals surface area (Å²) in [6.45, 7) is 1.60. The summed E-state index contributed by atoms with van der Waals surface area (Å²) in [4.78, 5) is 0. The first kappa shape index (κ1) is 5.92. The summed E-state index contributed by atoms with van der Waals surface area (Å²) in [5.74, 6) is 0. The Hall–Kier alpha value is -0.0800. The van der Waals surface area contributed by atoms with Gasteiger partial charge in [-0.3, -0.25) is 0 Å². The molecule has 0 spiro atoms. The van der Waals surface area contributed by atoms with Crippen LogP contribution in [-0.2, 0) is 9.84 Å². The summed E-state index contributed by atoms with van der Waals surface area (Å²) >= 11 is 0. The van der Waals surface area contributed by atoms with Crippen LogP contribution in [0, 0.1) is 0 Å². The van der Waals surface area contributed by atoms with E-state index in [4.69, 9.17) is 0 Å². The highest BCUT2D eigenvalue weighted by atomic mass is 16.5. The second-order valence-corrected chi connectivity index (χ2v) is 1.21. The largest absolute Gasteiger partial charge is 0.379 e. The first-order valence-electron chi connectivity index (χ1n) is 1.92. The van der Waals surface area contributed by atoms with Crippen LogP contribution < -0.4 is 0 Å². The molecule has 1 radical (unpaired) electrons. The van der Waals surface area contributed by atoms with E-state index >= 15 is 0 Å². The van der Waals surface area contributed by atoms with Gasteiger partial charge in [0, 0.05) is 7.11 Å². The molecule has 0 saturated heterocycles. The predicted octanol–water partition coefficient (Wildman–Crippen LogP) is 0.452. The fourth-order valence-corrected chi connectivity index (χ4v) is 0.0680. The Balaban J connectivity index is 2.75. The molecule has 0 aromatic rings. The highest BCUT2D eigenvalue weighted by Gasteiger charge is 1.91. The molecule has 37 valence electrons. The van der Waals surface area contributed by atoms with Crippen molar-refractivity contribution in [1.29, 1.82) is 0 Å². The van der Waals surface area contributed by atoms with Crippen LogP contribution in [0.25, 0.3) is 0 Å². The lowest BCUT2D eigenvalue weighted by Gasteiger charge is -1.99. The zero-order valence-electron chi connectivity index (χ0n) is 4.10. The van der Waals surface area contributed by atoms with Gasteiger partial charge in [0.2, 0.25) is 0 Å². The first-order valence-corrected chi connectivity index (χ1v) is 1.92. The van der Waals surface area contributed by atoms with Gasteiger partial charge in [0.05, 0.1) is 6.10 Å². The third-order valence-electron chi connectivity index (χ3n) is 0.637. The van der Waals surface area contributed by atoms with Gasteiger partial charge in [0.1, 0.15) is 6.61 Å². The number of hydrogen-bond donors (Lipinski definition) is 0. The van der Waals surface area contributed by atoms with Crippen LogP contribution in [0.15, 0.2) is 0 Å². The Labute approximate surface area is 37.7 Å². The lowest BCUT2D eigenvalue weighted by Crippen LogP contribution is -2.07. The van der Waals surface area contributed by atoms with Crippen LogP contribution in [0.4, 0.5) is 0 Å². The van der Waals surface area contributed by atoms with Crippen molar-refractivity contribution < 1.29 is 9.84 Å². The van der Waals surface area contributed by atoms with Crippen LogP contribution >= 0.6 is 0 Å². The molecular formula is C4H9O2. The van der Waals surface area contributed by atoms with Gasteiger partial charge in [-0.15, -0.1) is 0 Å². The summed E-state index contributed by atoms with van der Waals surface area (Å²) in [7, 11) is 1.53. The van der Waals surface area contributed by atoms with E-state index in [0.717, 1.165) is 0 Å². The molecule has 0 N–H and O–H groups in total. The van der Waals surface area contributed by atoms with Crippen molar-refractivity contribution in [2.75, 3.05) is 13.7 Å². The molecule has 0 fully saturated rings. The standard InChI is InChI=1S/C4H9O2/c1-4(3-5)6-2/h4H,3H2,1-2H3. The van der Waals surface area contributed by atoms with Crippen molar-refractivity contribution in [3.63, 3.8) is 0 Å². The number of ether oxygens (including phenoxy) is 1. The van der Waals surface area contributed by atoms with Gasteiger partial charge in [-0.1, -0.05) is 0 Å².